The van der Waals surface area contributed by atoms with Gasteiger partial charge in [-0.05, 0) is 46.5 Å². The lowest BCUT2D eigenvalue weighted by Gasteiger charge is -2.42. The van der Waals surface area contributed by atoms with Gasteiger partial charge in [0.2, 0.25) is 0 Å². The number of hydrogen-bond acceptors (Lipinski definition) is 5. The number of amides is 1. The normalized spacial score (nSPS) is 16.6. The maximum atomic E-state index is 13.4. The van der Waals surface area contributed by atoms with Crippen LogP contribution in [-0.2, 0) is 4.74 Å². The number of aldehydes is 1. The number of carbonyl (C=O) groups is 2. The fourth-order valence-corrected chi connectivity index (χ4v) is 5.06. The van der Waals surface area contributed by atoms with Crippen LogP contribution in [0.25, 0.3) is 33.2 Å². The molecule has 3 heterocycles. The monoisotopic (exact) mass is 477 g/mol. The highest BCUT2D eigenvalue weighted by Crippen LogP contribution is 2.31. The molecule has 2 aliphatic heterocycles. The van der Waals surface area contributed by atoms with Gasteiger partial charge in [-0.15, -0.1) is 0 Å². The van der Waals surface area contributed by atoms with Gasteiger partial charge in [-0.1, -0.05) is 54.6 Å². The molecule has 3 aromatic carbocycles. The lowest BCUT2D eigenvalue weighted by Crippen LogP contribution is -2.57. The summed E-state index contributed by atoms with van der Waals surface area (Å²) in [5, 5.41) is 0.865. The minimum absolute atomic E-state index is 0.0336. The SMILES string of the molecule is O=Cc1cc(-c2ccc(-c3ccccc3)cc2)c2cc(C(=O)N3CCN(C4COC4)CC3)ccc2n1. The Morgan fingerprint density at radius 2 is 1.53 bits per heavy atom. The van der Waals surface area contributed by atoms with Crippen molar-refractivity contribution in [3.63, 3.8) is 0 Å². The van der Waals surface area contributed by atoms with Gasteiger partial charge in [-0.2, -0.15) is 0 Å². The van der Waals surface area contributed by atoms with Gasteiger partial charge in [0.1, 0.15) is 5.69 Å². The summed E-state index contributed by atoms with van der Waals surface area (Å²) in [6, 6.07) is 26.4. The van der Waals surface area contributed by atoms with Crippen LogP contribution in [0, 0.1) is 0 Å². The van der Waals surface area contributed by atoms with Crippen molar-refractivity contribution in [2.75, 3.05) is 39.4 Å². The number of pyridine rings is 1. The minimum Gasteiger partial charge on any atom is -0.378 e. The third-order valence-corrected chi connectivity index (χ3v) is 7.24. The molecule has 0 saturated carbocycles. The Bertz CT molecular complexity index is 1410. The number of rotatable bonds is 5. The number of piperazine rings is 1. The molecule has 0 spiro atoms. The van der Waals surface area contributed by atoms with E-state index >= 15 is 0 Å². The van der Waals surface area contributed by atoms with Crippen molar-refractivity contribution in [3.8, 4) is 22.3 Å². The highest BCUT2D eigenvalue weighted by Gasteiger charge is 2.30. The standard InChI is InChI=1S/C30H27N3O3/c34-18-25-17-27(23-8-6-22(7-9-23)21-4-2-1-3-5-21)28-16-24(10-11-29(28)31-25)30(35)33-14-12-32(13-15-33)26-19-36-20-26/h1-11,16-18,26H,12-15,19-20H2. The zero-order valence-electron chi connectivity index (χ0n) is 20.0. The molecule has 36 heavy (non-hydrogen) atoms. The molecule has 0 aliphatic carbocycles. The second-order valence-electron chi connectivity index (χ2n) is 9.41. The van der Waals surface area contributed by atoms with Gasteiger partial charge in [0.25, 0.3) is 5.91 Å². The topological polar surface area (TPSA) is 62.7 Å². The Hall–Kier alpha value is -3.87. The number of carbonyl (C=O) groups excluding carboxylic acids is 2. The smallest absolute Gasteiger partial charge is 0.253 e. The molecule has 1 aromatic heterocycles. The fourth-order valence-electron chi connectivity index (χ4n) is 5.06. The molecule has 6 heteroatoms. The second-order valence-corrected chi connectivity index (χ2v) is 9.41. The largest absolute Gasteiger partial charge is 0.378 e. The highest BCUT2D eigenvalue weighted by molar-refractivity contribution is 6.03. The number of ether oxygens (including phenoxy) is 1. The summed E-state index contributed by atoms with van der Waals surface area (Å²) in [5.41, 5.74) is 5.86. The Morgan fingerprint density at radius 1 is 0.833 bits per heavy atom. The molecule has 6 nitrogen and oxygen atoms in total. The van der Waals surface area contributed by atoms with Crippen LogP contribution in [0.2, 0.25) is 0 Å². The van der Waals surface area contributed by atoms with Gasteiger partial charge in [-0.3, -0.25) is 14.5 Å². The molecule has 0 radical (unpaired) electrons. The van der Waals surface area contributed by atoms with Crippen molar-refractivity contribution >= 4 is 23.1 Å². The van der Waals surface area contributed by atoms with Crippen LogP contribution in [-0.4, -0.2) is 72.4 Å². The number of aromatic nitrogens is 1. The first-order valence-corrected chi connectivity index (χ1v) is 12.4. The van der Waals surface area contributed by atoms with E-state index in [0.29, 0.717) is 35.9 Å². The molecule has 2 saturated heterocycles. The maximum Gasteiger partial charge on any atom is 0.253 e. The Morgan fingerprint density at radius 3 is 2.19 bits per heavy atom. The molecule has 180 valence electrons. The Balaban J connectivity index is 1.31. The molecule has 2 aliphatic rings. The van der Waals surface area contributed by atoms with Gasteiger partial charge in [0, 0.05) is 37.1 Å². The molecule has 1 amide bonds. The van der Waals surface area contributed by atoms with E-state index in [1.165, 1.54) is 0 Å². The molecule has 0 N–H and O–H groups in total. The van der Waals surface area contributed by atoms with E-state index in [9.17, 15) is 9.59 Å². The van der Waals surface area contributed by atoms with Crippen LogP contribution < -0.4 is 0 Å². The summed E-state index contributed by atoms with van der Waals surface area (Å²) in [5.74, 6) is 0.0336. The van der Waals surface area contributed by atoms with Crippen LogP contribution in [0.15, 0.2) is 78.9 Å². The zero-order chi connectivity index (χ0) is 24.5. The highest BCUT2D eigenvalue weighted by atomic mass is 16.5. The van der Waals surface area contributed by atoms with Crippen molar-refractivity contribution in [2.45, 2.75) is 6.04 Å². The van der Waals surface area contributed by atoms with Crippen LogP contribution in [0.3, 0.4) is 0 Å². The van der Waals surface area contributed by atoms with E-state index in [-0.39, 0.29) is 5.91 Å². The zero-order valence-corrected chi connectivity index (χ0v) is 20.0. The van der Waals surface area contributed by atoms with E-state index in [0.717, 1.165) is 60.2 Å². The quantitative estimate of drug-likeness (QED) is 0.395. The first-order chi connectivity index (χ1) is 17.7. The maximum absolute atomic E-state index is 13.4. The Labute approximate surface area is 210 Å². The van der Waals surface area contributed by atoms with Crippen molar-refractivity contribution in [3.05, 3.63) is 90.1 Å². The summed E-state index contributed by atoms with van der Waals surface area (Å²) >= 11 is 0. The predicted octanol–water partition coefficient (Wildman–Crippen LogP) is 4.54. The molecule has 0 bridgehead atoms. The first-order valence-electron chi connectivity index (χ1n) is 12.4. The lowest BCUT2D eigenvalue weighted by atomic mass is 9.96. The van der Waals surface area contributed by atoms with Crippen LogP contribution in [0.4, 0.5) is 0 Å². The summed E-state index contributed by atoms with van der Waals surface area (Å²) in [7, 11) is 0. The third kappa shape index (κ3) is 4.30. The van der Waals surface area contributed by atoms with Crippen LogP contribution in [0.5, 0.6) is 0 Å². The number of fused-ring (bicyclic) bond motifs is 1. The first kappa shape index (κ1) is 22.6. The molecule has 2 fully saturated rings. The van der Waals surface area contributed by atoms with Crippen LogP contribution in [0.1, 0.15) is 20.8 Å². The lowest BCUT2D eigenvalue weighted by molar-refractivity contribution is -0.0746. The molecule has 6 rings (SSSR count). The van der Waals surface area contributed by atoms with E-state index in [4.69, 9.17) is 4.74 Å². The number of benzene rings is 3. The average molecular weight is 478 g/mol. The van der Waals surface area contributed by atoms with Crippen molar-refractivity contribution in [1.82, 2.24) is 14.8 Å². The fraction of sp³-hybridized carbons (Fsp3) is 0.233. The van der Waals surface area contributed by atoms with E-state index in [1.807, 2.05) is 41.3 Å². The average Bonchev–Trinajstić information content (AvgIpc) is 2.92. The Kier molecular flexibility index (Phi) is 6.05. The van der Waals surface area contributed by atoms with Gasteiger partial charge in [0.15, 0.2) is 6.29 Å². The van der Waals surface area contributed by atoms with Crippen molar-refractivity contribution < 1.29 is 14.3 Å². The minimum atomic E-state index is 0.0336. The molecule has 0 unspecified atom stereocenters. The number of hydrogen-bond donors (Lipinski definition) is 0. The van der Waals surface area contributed by atoms with Crippen molar-refractivity contribution in [2.24, 2.45) is 0 Å². The summed E-state index contributed by atoms with van der Waals surface area (Å²) in [6.45, 7) is 4.76. The third-order valence-electron chi connectivity index (χ3n) is 7.24. The molecular formula is C30H27N3O3. The number of nitrogens with zero attached hydrogens (tertiary/aromatic N) is 3. The van der Waals surface area contributed by atoms with Crippen molar-refractivity contribution in [1.29, 1.82) is 0 Å². The van der Waals surface area contributed by atoms with Gasteiger partial charge >= 0.3 is 0 Å². The van der Waals surface area contributed by atoms with E-state index in [2.05, 4.69) is 46.3 Å². The molecular weight excluding hydrogens is 450 g/mol. The second kappa shape index (κ2) is 9.64. The van der Waals surface area contributed by atoms with Gasteiger partial charge in [-0.25, -0.2) is 4.98 Å². The van der Waals surface area contributed by atoms with Gasteiger partial charge in [0.05, 0.1) is 24.8 Å². The molecule has 0 atom stereocenters. The van der Waals surface area contributed by atoms with E-state index < -0.39 is 0 Å². The van der Waals surface area contributed by atoms with Gasteiger partial charge < -0.3 is 9.64 Å². The molecule has 4 aromatic rings. The summed E-state index contributed by atoms with van der Waals surface area (Å²) < 4.78 is 5.32. The summed E-state index contributed by atoms with van der Waals surface area (Å²) in [6.07, 6.45) is 0.771. The van der Waals surface area contributed by atoms with E-state index in [1.54, 1.807) is 6.07 Å². The predicted molar refractivity (Wildman–Crippen MR) is 140 cm³/mol. The summed E-state index contributed by atoms with van der Waals surface area (Å²) in [4.78, 5) is 33.8. The van der Waals surface area contributed by atoms with Crippen LogP contribution >= 0.6 is 0 Å².